The quantitative estimate of drug-likeness (QED) is 0.333. The van der Waals surface area contributed by atoms with E-state index in [-0.39, 0.29) is 0 Å². The summed E-state index contributed by atoms with van der Waals surface area (Å²) in [4.78, 5) is 0. The number of rotatable bonds is 2. The second-order valence-corrected chi connectivity index (χ2v) is 74.2. The van der Waals surface area contributed by atoms with Gasteiger partial charge in [-0.15, -0.1) is 0 Å². The predicted octanol–water partition coefficient (Wildman–Crippen LogP) is -2.67. The molecule has 40 valence electrons. The molecule has 7 heteroatoms. The van der Waals surface area contributed by atoms with Crippen molar-refractivity contribution in [1.82, 2.24) is 0 Å². The average molecular weight is 545 g/mol. The van der Waals surface area contributed by atoms with Crippen LogP contribution in [0.15, 0.2) is 0 Å². The summed E-state index contributed by atoms with van der Waals surface area (Å²) in [6, 6.07) is 0. The van der Waals surface area contributed by atoms with Crippen molar-refractivity contribution in [1.29, 1.82) is 0 Å². The summed E-state index contributed by atoms with van der Waals surface area (Å²) in [5.74, 6) is 0. The van der Waals surface area contributed by atoms with E-state index in [9.17, 15) is 0 Å². The van der Waals surface area contributed by atoms with Crippen LogP contribution in [-0.2, 0) is 0 Å². The van der Waals surface area contributed by atoms with Gasteiger partial charge in [0, 0.05) is 0 Å². The number of hydrogen-bond donors (Lipinski definition) is 0. The van der Waals surface area contributed by atoms with Gasteiger partial charge in [-0.2, -0.15) is 0 Å². The first kappa shape index (κ1) is 10.7. The fraction of sp³-hybridized carbons (Fsp3) is 0. The first-order valence-electron chi connectivity index (χ1n) is 1.10. The Morgan fingerprint density at radius 3 is 1.14 bits per heavy atom. The van der Waals surface area contributed by atoms with Gasteiger partial charge in [0.2, 0.25) is 0 Å². The topological polar surface area (TPSA) is 0 Å². The first-order valence-corrected chi connectivity index (χ1v) is 29.6. The molecule has 0 aromatic heterocycles. The molecule has 0 unspecified atom stereocenters. The maximum atomic E-state index is 3.19. The predicted molar refractivity (Wildman–Crippen MR) is 40.3 cm³/mol. The fourth-order valence-electron chi connectivity index (χ4n) is 0.0544. The van der Waals surface area contributed by atoms with Crippen LogP contribution in [-0.4, -0.2) is 80.7 Å². The Kier molecular flexibility index (Phi) is 9.84. The van der Waals surface area contributed by atoms with E-state index in [4.69, 9.17) is 0 Å². The molecule has 0 spiro atoms. The van der Waals surface area contributed by atoms with Crippen molar-refractivity contribution < 1.29 is 0 Å². The maximum absolute atomic E-state index is 3.19. The Balaban J connectivity index is 3.77. The second-order valence-electron chi connectivity index (χ2n) is 0.529. The van der Waals surface area contributed by atoms with E-state index in [1.165, 1.54) is 0 Å². The van der Waals surface area contributed by atoms with Crippen molar-refractivity contribution in [3.63, 3.8) is 0 Å². The van der Waals surface area contributed by atoms with E-state index in [0.29, 0.717) is 0 Å². The van der Waals surface area contributed by atoms with Crippen molar-refractivity contribution >= 4 is 80.7 Å². The Morgan fingerprint density at radius 2 is 1.14 bits per heavy atom. The molecule has 0 aromatic carbocycles. The van der Waals surface area contributed by atoms with E-state index in [1.54, 1.807) is 0 Å². The van der Waals surface area contributed by atoms with Crippen molar-refractivity contribution in [2.24, 2.45) is 0 Å². The molecular weight excluding hydrogens is 545 g/mol. The molecule has 0 saturated heterocycles. The summed E-state index contributed by atoms with van der Waals surface area (Å²) in [7, 11) is 0.00694. The van der Waals surface area contributed by atoms with Crippen LogP contribution in [0.3, 0.4) is 0 Å². The van der Waals surface area contributed by atoms with Gasteiger partial charge in [0.15, 0.2) is 0 Å². The zero-order valence-electron chi connectivity index (χ0n) is 2.94. The summed E-state index contributed by atoms with van der Waals surface area (Å²) in [6.07, 6.45) is 0. The Hall–Kier alpha value is 3.71. The van der Waals surface area contributed by atoms with E-state index in [0.717, 1.165) is 10.9 Å². The van der Waals surface area contributed by atoms with Gasteiger partial charge in [0.1, 0.15) is 0 Å². The molecule has 0 amide bonds. The van der Waals surface area contributed by atoms with Crippen molar-refractivity contribution in [3.05, 3.63) is 0 Å². The van der Waals surface area contributed by atoms with Gasteiger partial charge in [0.25, 0.3) is 0 Å². The zero-order valence-corrected chi connectivity index (χ0v) is 15.3. The van der Waals surface area contributed by atoms with Crippen molar-refractivity contribution in [3.8, 4) is 0 Å². The minimum absolute atomic E-state index is 0.469. The van der Waals surface area contributed by atoms with Crippen LogP contribution in [0.5, 0.6) is 0 Å². The van der Waals surface area contributed by atoms with E-state index in [1.807, 2.05) is 0 Å². The second kappa shape index (κ2) is 6.43. The van der Waals surface area contributed by atoms with Crippen LogP contribution in [0, 0.1) is 0 Å². The Labute approximate surface area is 78.6 Å². The SMILES string of the molecule is [Se]=[As](=[Se])[Se][As](=[Se])=[Se]. The van der Waals surface area contributed by atoms with Gasteiger partial charge in [-0.25, -0.2) is 0 Å². The van der Waals surface area contributed by atoms with Gasteiger partial charge in [-0.05, 0) is 0 Å². The molecule has 0 aliphatic heterocycles. The van der Waals surface area contributed by atoms with E-state index < -0.39 is 15.8 Å². The van der Waals surface area contributed by atoms with Crippen molar-refractivity contribution in [2.75, 3.05) is 0 Å². The van der Waals surface area contributed by atoms with Crippen molar-refractivity contribution in [2.45, 2.75) is 0 Å². The monoisotopic (exact) mass is 549 g/mol. The molecule has 0 fully saturated rings. The van der Waals surface area contributed by atoms with Gasteiger partial charge in [-0.1, -0.05) is 0 Å². The summed E-state index contributed by atoms with van der Waals surface area (Å²) in [6.45, 7) is 0. The summed E-state index contributed by atoms with van der Waals surface area (Å²) in [5, 5.41) is 0. The molecule has 0 aromatic rings. The standard InChI is InChI=1S/As2Se5/c3-1(4)7-2(5)6. The molecule has 0 N–H and O–H groups in total. The molecule has 0 aliphatic carbocycles. The summed E-state index contributed by atoms with van der Waals surface area (Å²) in [5.41, 5.74) is 0. The molecule has 0 rings (SSSR count). The third-order valence-corrected chi connectivity index (χ3v) is 97.2. The normalized spacial score (nSPS) is 8.00. The van der Waals surface area contributed by atoms with Crippen LogP contribution in [0.25, 0.3) is 0 Å². The van der Waals surface area contributed by atoms with Crippen LogP contribution >= 0.6 is 0 Å². The van der Waals surface area contributed by atoms with E-state index >= 15 is 0 Å². The summed E-state index contributed by atoms with van der Waals surface area (Å²) >= 11 is 12.7. The molecule has 0 atom stereocenters. The minimum atomic E-state index is -0.469. The fourth-order valence-corrected chi connectivity index (χ4v) is 206. The molecule has 0 aliphatic rings. The molecular formula is As2Se5. The average Bonchev–Trinajstić information content (AvgIpc) is 1.27. The van der Waals surface area contributed by atoms with E-state index in [2.05, 4.69) is 53.9 Å². The zero-order chi connectivity index (χ0) is 5.86. The summed E-state index contributed by atoms with van der Waals surface area (Å²) < 4.78 is 0. The van der Waals surface area contributed by atoms with Gasteiger partial charge < -0.3 is 0 Å². The number of hydrogen-bond acceptors (Lipinski definition) is 0. The van der Waals surface area contributed by atoms with Gasteiger partial charge in [0.05, 0.1) is 0 Å². The van der Waals surface area contributed by atoms with Crippen LogP contribution in [0.4, 0.5) is 0 Å². The van der Waals surface area contributed by atoms with Crippen LogP contribution < -0.4 is 0 Å². The molecule has 0 heterocycles. The Bertz CT molecular complexity index is 135. The molecule has 7 heavy (non-hydrogen) atoms. The Morgan fingerprint density at radius 1 is 0.857 bits per heavy atom. The molecule has 0 bridgehead atoms. The van der Waals surface area contributed by atoms with Crippen LogP contribution in [0.2, 0.25) is 0 Å². The van der Waals surface area contributed by atoms with Crippen LogP contribution in [0.1, 0.15) is 0 Å². The third kappa shape index (κ3) is 9.71. The molecule has 0 radical (unpaired) electrons. The van der Waals surface area contributed by atoms with Gasteiger partial charge in [-0.3, -0.25) is 0 Å². The first-order chi connectivity index (χ1) is 3.13. The van der Waals surface area contributed by atoms with Gasteiger partial charge >= 0.3 is 80.7 Å². The molecule has 0 saturated carbocycles. The molecule has 0 nitrogen and oxygen atoms in total. The third-order valence-electron chi connectivity index (χ3n) is 0.133.